The zero-order valence-electron chi connectivity index (χ0n) is 11.5. The summed E-state index contributed by atoms with van der Waals surface area (Å²) >= 11 is 0. The number of nitrogens with zero attached hydrogens (tertiary/aromatic N) is 1. The number of amides is 1. The van der Waals surface area contributed by atoms with E-state index in [1.54, 1.807) is 0 Å². The molecule has 3 heteroatoms. The highest BCUT2D eigenvalue weighted by molar-refractivity contribution is 5.98. The Morgan fingerprint density at radius 3 is 3.00 bits per heavy atom. The van der Waals surface area contributed by atoms with Crippen LogP contribution < -0.4 is 9.64 Å². The summed E-state index contributed by atoms with van der Waals surface area (Å²) in [5.74, 6) is 1.09. The van der Waals surface area contributed by atoms with Crippen LogP contribution in [0, 0.1) is 0 Å². The van der Waals surface area contributed by atoms with E-state index >= 15 is 0 Å². The highest BCUT2D eigenvalue weighted by Gasteiger charge is 2.50. The molecule has 0 aromatic heterocycles. The van der Waals surface area contributed by atoms with Crippen molar-refractivity contribution in [2.45, 2.75) is 57.6 Å². The summed E-state index contributed by atoms with van der Waals surface area (Å²) in [5, 5.41) is 0. The first-order chi connectivity index (χ1) is 9.27. The van der Waals surface area contributed by atoms with E-state index in [0.29, 0.717) is 6.42 Å². The van der Waals surface area contributed by atoms with Crippen molar-refractivity contribution >= 4 is 11.6 Å². The van der Waals surface area contributed by atoms with Gasteiger partial charge in [0.1, 0.15) is 5.75 Å². The van der Waals surface area contributed by atoms with Gasteiger partial charge in [0.25, 0.3) is 0 Å². The SMILES string of the molecule is CCCCCC12CCCC(=O)N1c1ccccc1O2. The Bertz CT molecular complexity index is 485. The Morgan fingerprint density at radius 2 is 2.16 bits per heavy atom. The molecule has 0 saturated carbocycles. The van der Waals surface area contributed by atoms with Gasteiger partial charge in [-0.15, -0.1) is 0 Å². The Morgan fingerprint density at radius 1 is 1.32 bits per heavy atom. The molecular weight excluding hydrogens is 238 g/mol. The van der Waals surface area contributed by atoms with Crippen molar-refractivity contribution < 1.29 is 9.53 Å². The quantitative estimate of drug-likeness (QED) is 0.768. The molecule has 1 atom stereocenters. The van der Waals surface area contributed by atoms with Gasteiger partial charge in [-0.05, 0) is 25.0 Å². The summed E-state index contributed by atoms with van der Waals surface area (Å²) < 4.78 is 6.22. The summed E-state index contributed by atoms with van der Waals surface area (Å²) in [7, 11) is 0. The number of ether oxygens (including phenoxy) is 1. The number of benzene rings is 1. The zero-order valence-corrected chi connectivity index (χ0v) is 11.5. The van der Waals surface area contributed by atoms with E-state index < -0.39 is 5.72 Å². The fourth-order valence-corrected chi connectivity index (χ4v) is 3.29. The van der Waals surface area contributed by atoms with Crippen molar-refractivity contribution in [3.63, 3.8) is 0 Å². The molecule has 0 spiro atoms. The Balaban J connectivity index is 1.92. The van der Waals surface area contributed by atoms with Gasteiger partial charge in [0.2, 0.25) is 5.91 Å². The van der Waals surface area contributed by atoms with Crippen LogP contribution in [0.1, 0.15) is 51.9 Å². The van der Waals surface area contributed by atoms with Crippen LogP contribution in [-0.4, -0.2) is 11.6 Å². The van der Waals surface area contributed by atoms with Gasteiger partial charge in [0.05, 0.1) is 5.69 Å². The van der Waals surface area contributed by atoms with Crippen LogP contribution in [0.25, 0.3) is 0 Å². The summed E-state index contributed by atoms with van der Waals surface area (Å²) in [4.78, 5) is 14.3. The molecule has 1 aromatic rings. The summed E-state index contributed by atoms with van der Waals surface area (Å²) in [6.45, 7) is 2.20. The van der Waals surface area contributed by atoms with Gasteiger partial charge in [-0.25, -0.2) is 0 Å². The third kappa shape index (κ3) is 2.01. The average Bonchev–Trinajstić information content (AvgIpc) is 2.74. The van der Waals surface area contributed by atoms with Gasteiger partial charge in [-0.1, -0.05) is 31.9 Å². The predicted octanol–water partition coefficient (Wildman–Crippen LogP) is 3.87. The molecule has 102 valence electrons. The minimum atomic E-state index is -0.395. The van der Waals surface area contributed by atoms with Crippen LogP contribution in [0.5, 0.6) is 5.75 Å². The molecule has 2 aliphatic rings. The first-order valence-electron chi connectivity index (χ1n) is 7.38. The molecular formula is C16H21NO2. The second kappa shape index (κ2) is 4.87. The lowest BCUT2D eigenvalue weighted by atomic mass is 9.92. The molecule has 1 aromatic carbocycles. The van der Waals surface area contributed by atoms with Crippen LogP contribution in [0.2, 0.25) is 0 Å². The highest BCUT2D eigenvalue weighted by Crippen LogP contribution is 2.48. The number of fused-ring (bicyclic) bond motifs is 3. The van der Waals surface area contributed by atoms with E-state index in [0.717, 1.165) is 37.1 Å². The number of anilines is 1. The van der Waals surface area contributed by atoms with Crippen LogP contribution in [0.3, 0.4) is 0 Å². The van der Waals surface area contributed by atoms with Gasteiger partial charge >= 0.3 is 0 Å². The highest BCUT2D eigenvalue weighted by atomic mass is 16.5. The lowest BCUT2D eigenvalue weighted by molar-refractivity contribution is -0.124. The molecule has 2 heterocycles. The molecule has 19 heavy (non-hydrogen) atoms. The third-order valence-electron chi connectivity index (χ3n) is 4.19. The Hall–Kier alpha value is -1.51. The smallest absolute Gasteiger partial charge is 0.230 e. The van der Waals surface area contributed by atoms with E-state index in [2.05, 4.69) is 6.92 Å². The van der Waals surface area contributed by atoms with Crippen LogP contribution in [0.4, 0.5) is 5.69 Å². The number of hydrogen-bond donors (Lipinski definition) is 0. The Kier molecular flexibility index (Phi) is 3.21. The molecule has 0 N–H and O–H groups in total. The van der Waals surface area contributed by atoms with Crippen molar-refractivity contribution in [1.29, 1.82) is 0 Å². The number of carbonyl (C=O) groups is 1. The number of unbranched alkanes of at least 4 members (excludes halogenated alkanes) is 2. The van der Waals surface area contributed by atoms with Crippen LogP contribution in [0.15, 0.2) is 24.3 Å². The summed E-state index contributed by atoms with van der Waals surface area (Å²) in [6.07, 6.45) is 7.00. The monoisotopic (exact) mass is 259 g/mol. The molecule has 0 aliphatic carbocycles. The second-order valence-electron chi connectivity index (χ2n) is 5.56. The first kappa shape index (κ1) is 12.5. The zero-order chi connectivity index (χ0) is 13.3. The number of hydrogen-bond acceptors (Lipinski definition) is 2. The number of piperidine rings is 1. The van der Waals surface area contributed by atoms with Crippen molar-refractivity contribution in [3.05, 3.63) is 24.3 Å². The van der Waals surface area contributed by atoms with Crippen molar-refractivity contribution in [2.24, 2.45) is 0 Å². The molecule has 1 saturated heterocycles. The molecule has 0 radical (unpaired) electrons. The van der Waals surface area contributed by atoms with E-state index in [-0.39, 0.29) is 5.91 Å². The second-order valence-corrected chi connectivity index (χ2v) is 5.56. The normalized spacial score (nSPS) is 24.9. The maximum absolute atomic E-state index is 12.3. The largest absolute Gasteiger partial charge is 0.465 e. The molecule has 1 fully saturated rings. The molecule has 0 bridgehead atoms. The first-order valence-corrected chi connectivity index (χ1v) is 7.38. The van der Waals surface area contributed by atoms with Gasteiger partial charge in [-0.3, -0.25) is 9.69 Å². The van der Waals surface area contributed by atoms with Gasteiger partial charge in [-0.2, -0.15) is 0 Å². The van der Waals surface area contributed by atoms with Gasteiger partial charge in [0, 0.05) is 19.3 Å². The average molecular weight is 259 g/mol. The molecule has 3 rings (SSSR count). The number of para-hydroxylation sites is 2. The van der Waals surface area contributed by atoms with E-state index in [1.807, 2.05) is 29.2 Å². The molecule has 1 unspecified atom stereocenters. The summed E-state index contributed by atoms with van der Waals surface area (Å²) in [5.41, 5.74) is 0.567. The third-order valence-corrected chi connectivity index (χ3v) is 4.19. The molecule has 2 aliphatic heterocycles. The minimum absolute atomic E-state index is 0.215. The molecule has 3 nitrogen and oxygen atoms in total. The summed E-state index contributed by atoms with van der Waals surface area (Å²) in [6, 6.07) is 7.93. The lowest BCUT2D eigenvalue weighted by Crippen LogP contribution is -2.55. The maximum atomic E-state index is 12.3. The van der Waals surface area contributed by atoms with E-state index in [9.17, 15) is 4.79 Å². The van der Waals surface area contributed by atoms with Gasteiger partial charge in [0.15, 0.2) is 5.72 Å². The number of rotatable bonds is 4. The van der Waals surface area contributed by atoms with Crippen LogP contribution >= 0.6 is 0 Å². The lowest BCUT2D eigenvalue weighted by Gasteiger charge is -2.40. The molecule has 1 amide bonds. The maximum Gasteiger partial charge on any atom is 0.230 e. The topological polar surface area (TPSA) is 29.5 Å². The fourth-order valence-electron chi connectivity index (χ4n) is 3.29. The number of carbonyl (C=O) groups excluding carboxylic acids is 1. The van der Waals surface area contributed by atoms with E-state index in [4.69, 9.17) is 4.74 Å². The van der Waals surface area contributed by atoms with Crippen molar-refractivity contribution in [1.82, 2.24) is 0 Å². The van der Waals surface area contributed by atoms with Crippen LogP contribution in [-0.2, 0) is 4.79 Å². The van der Waals surface area contributed by atoms with E-state index in [1.165, 1.54) is 12.8 Å². The standard InChI is InChI=1S/C16H21NO2/c1-2-3-6-11-16-12-7-10-15(18)17(16)13-8-4-5-9-14(13)19-16/h4-5,8-9H,2-3,6-7,10-12H2,1H3. The van der Waals surface area contributed by atoms with Crippen molar-refractivity contribution in [2.75, 3.05) is 4.90 Å². The van der Waals surface area contributed by atoms with Crippen molar-refractivity contribution in [3.8, 4) is 5.75 Å². The Labute approximate surface area is 114 Å². The fraction of sp³-hybridized carbons (Fsp3) is 0.562. The predicted molar refractivity (Wildman–Crippen MR) is 75.3 cm³/mol. The van der Waals surface area contributed by atoms with Gasteiger partial charge < -0.3 is 4.74 Å². The minimum Gasteiger partial charge on any atom is -0.465 e.